The summed E-state index contributed by atoms with van der Waals surface area (Å²) >= 11 is 7.29. The Hall–Kier alpha value is -1.96. The largest absolute Gasteiger partial charge is 0.325 e. The normalized spacial score (nSPS) is 11.5. The van der Waals surface area contributed by atoms with Crippen LogP contribution in [0.15, 0.2) is 53.4 Å². The van der Waals surface area contributed by atoms with Gasteiger partial charge in [0.2, 0.25) is 5.91 Å². The van der Waals surface area contributed by atoms with Gasteiger partial charge >= 0.3 is 0 Å². The fourth-order valence-electron chi connectivity index (χ4n) is 1.68. The zero-order chi connectivity index (χ0) is 15.2. The Labute approximate surface area is 132 Å². The van der Waals surface area contributed by atoms with E-state index < -0.39 is 0 Å². The lowest BCUT2D eigenvalue weighted by Crippen LogP contribution is -2.22. The van der Waals surface area contributed by atoms with Crippen molar-refractivity contribution in [1.29, 1.82) is 5.26 Å². The van der Waals surface area contributed by atoms with Crippen LogP contribution in [0.1, 0.15) is 12.5 Å². The highest BCUT2D eigenvalue weighted by Gasteiger charge is 2.14. The first-order valence-corrected chi connectivity index (χ1v) is 7.57. The molecule has 106 valence electrons. The van der Waals surface area contributed by atoms with Gasteiger partial charge in [-0.3, -0.25) is 4.79 Å². The Kier molecular flexibility index (Phi) is 5.26. The fourth-order valence-corrected chi connectivity index (χ4v) is 2.67. The second kappa shape index (κ2) is 7.16. The molecule has 21 heavy (non-hydrogen) atoms. The molecule has 0 bridgehead atoms. The van der Waals surface area contributed by atoms with E-state index in [1.54, 1.807) is 36.4 Å². The first-order chi connectivity index (χ1) is 10.1. The molecule has 0 unspecified atom stereocenters. The average molecular weight is 317 g/mol. The van der Waals surface area contributed by atoms with E-state index in [1.165, 1.54) is 11.8 Å². The average Bonchev–Trinajstić information content (AvgIpc) is 2.49. The van der Waals surface area contributed by atoms with E-state index >= 15 is 0 Å². The number of anilines is 1. The summed E-state index contributed by atoms with van der Waals surface area (Å²) in [6.07, 6.45) is 0. The number of hydrogen-bond acceptors (Lipinski definition) is 3. The molecule has 5 heteroatoms. The van der Waals surface area contributed by atoms with Crippen LogP contribution >= 0.6 is 23.4 Å². The highest BCUT2D eigenvalue weighted by Crippen LogP contribution is 2.25. The van der Waals surface area contributed by atoms with Crippen molar-refractivity contribution < 1.29 is 4.79 Å². The number of rotatable bonds is 4. The SMILES string of the molecule is C[C@@H](Sc1ccc(Cl)cc1)C(=O)Nc1cccc(C#N)c1. The second-order valence-corrected chi connectivity index (χ2v) is 6.25. The maximum atomic E-state index is 12.1. The number of carbonyl (C=O) groups is 1. The van der Waals surface area contributed by atoms with Crippen LogP contribution in [0.5, 0.6) is 0 Å². The number of nitrogens with one attached hydrogen (secondary N) is 1. The molecule has 2 rings (SSSR count). The standard InChI is InChI=1S/C16H13ClN2OS/c1-11(21-15-7-5-13(17)6-8-15)16(20)19-14-4-2-3-12(9-14)10-18/h2-9,11H,1H3,(H,19,20)/t11-/m1/s1. The highest BCUT2D eigenvalue weighted by atomic mass is 35.5. The van der Waals surface area contributed by atoms with Crippen LogP contribution in [-0.2, 0) is 4.79 Å². The van der Waals surface area contributed by atoms with Crippen molar-refractivity contribution in [3.8, 4) is 6.07 Å². The molecule has 1 atom stereocenters. The van der Waals surface area contributed by atoms with E-state index in [-0.39, 0.29) is 11.2 Å². The lowest BCUT2D eigenvalue weighted by atomic mass is 10.2. The molecule has 0 aliphatic rings. The number of nitrogens with zero attached hydrogens (tertiary/aromatic N) is 1. The third-order valence-electron chi connectivity index (χ3n) is 2.75. The molecule has 1 amide bonds. The second-order valence-electron chi connectivity index (χ2n) is 4.40. The number of halogens is 1. The lowest BCUT2D eigenvalue weighted by molar-refractivity contribution is -0.115. The van der Waals surface area contributed by atoms with Crippen molar-refractivity contribution in [3.63, 3.8) is 0 Å². The third kappa shape index (κ3) is 4.52. The van der Waals surface area contributed by atoms with Gasteiger partial charge in [-0.15, -0.1) is 11.8 Å². The number of carbonyl (C=O) groups excluding carboxylic acids is 1. The minimum atomic E-state index is -0.253. The van der Waals surface area contributed by atoms with E-state index in [0.717, 1.165) is 4.90 Å². The molecule has 3 nitrogen and oxygen atoms in total. The molecule has 0 spiro atoms. The lowest BCUT2D eigenvalue weighted by Gasteiger charge is -2.12. The zero-order valence-corrected chi connectivity index (χ0v) is 12.9. The Morgan fingerprint density at radius 3 is 2.67 bits per heavy atom. The summed E-state index contributed by atoms with van der Waals surface area (Å²) in [7, 11) is 0. The van der Waals surface area contributed by atoms with Crippen molar-refractivity contribution >= 4 is 35.0 Å². The number of thioether (sulfide) groups is 1. The van der Waals surface area contributed by atoms with E-state index in [0.29, 0.717) is 16.3 Å². The molecule has 0 radical (unpaired) electrons. The van der Waals surface area contributed by atoms with E-state index in [2.05, 4.69) is 5.32 Å². The number of amides is 1. The van der Waals surface area contributed by atoms with E-state index in [4.69, 9.17) is 16.9 Å². The molecule has 0 aliphatic heterocycles. The summed E-state index contributed by atoms with van der Waals surface area (Å²) in [4.78, 5) is 13.1. The summed E-state index contributed by atoms with van der Waals surface area (Å²) < 4.78 is 0. The minimum Gasteiger partial charge on any atom is -0.325 e. The van der Waals surface area contributed by atoms with Crippen LogP contribution in [-0.4, -0.2) is 11.2 Å². The van der Waals surface area contributed by atoms with E-state index in [9.17, 15) is 4.79 Å². The molecule has 2 aromatic carbocycles. The first kappa shape index (κ1) is 15.4. The summed E-state index contributed by atoms with van der Waals surface area (Å²) in [6.45, 7) is 1.84. The molecule has 0 saturated heterocycles. The molecule has 0 fully saturated rings. The van der Waals surface area contributed by atoms with Gasteiger partial charge < -0.3 is 5.32 Å². The molecule has 0 heterocycles. The molecular weight excluding hydrogens is 304 g/mol. The van der Waals surface area contributed by atoms with Crippen LogP contribution in [0.3, 0.4) is 0 Å². The fraction of sp³-hybridized carbons (Fsp3) is 0.125. The topological polar surface area (TPSA) is 52.9 Å². The Morgan fingerprint density at radius 2 is 2.00 bits per heavy atom. The van der Waals surface area contributed by atoms with Crippen LogP contribution in [0.2, 0.25) is 5.02 Å². The van der Waals surface area contributed by atoms with Crippen molar-refractivity contribution in [2.75, 3.05) is 5.32 Å². The predicted molar refractivity (Wildman–Crippen MR) is 86.6 cm³/mol. The molecule has 0 aromatic heterocycles. The number of hydrogen-bond donors (Lipinski definition) is 1. The van der Waals surface area contributed by atoms with E-state index in [1.807, 2.05) is 25.1 Å². The molecule has 0 saturated carbocycles. The summed E-state index contributed by atoms with van der Waals surface area (Å²) in [5.41, 5.74) is 1.15. The van der Waals surface area contributed by atoms with Gasteiger partial charge in [0, 0.05) is 15.6 Å². The van der Waals surface area contributed by atoms with Crippen molar-refractivity contribution in [2.45, 2.75) is 17.1 Å². The summed E-state index contributed by atoms with van der Waals surface area (Å²) in [6, 6.07) is 16.3. The Balaban J connectivity index is 1.99. The van der Waals surface area contributed by atoms with Crippen molar-refractivity contribution in [3.05, 3.63) is 59.1 Å². The van der Waals surface area contributed by atoms with Crippen molar-refractivity contribution in [1.82, 2.24) is 0 Å². The van der Waals surface area contributed by atoms with Crippen LogP contribution in [0.25, 0.3) is 0 Å². The number of nitriles is 1. The van der Waals surface area contributed by atoms with Gasteiger partial charge in [0.1, 0.15) is 0 Å². The molecular formula is C16H13ClN2OS. The maximum absolute atomic E-state index is 12.1. The van der Waals surface area contributed by atoms with Gasteiger partial charge in [-0.25, -0.2) is 0 Å². The smallest absolute Gasteiger partial charge is 0.237 e. The molecule has 2 aromatic rings. The van der Waals surface area contributed by atoms with Gasteiger partial charge in [0.05, 0.1) is 16.9 Å². The molecule has 1 N–H and O–H groups in total. The van der Waals surface area contributed by atoms with Crippen molar-refractivity contribution in [2.24, 2.45) is 0 Å². The maximum Gasteiger partial charge on any atom is 0.237 e. The Bertz CT molecular complexity index is 679. The quantitative estimate of drug-likeness (QED) is 0.854. The Morgan fingerprint density at radius 1 is 1.29 bits per heavy atom. The predicted octanol–water partition coefficient (Wildman–Crippen LogP) is 4.33. The number of benzene rings is 2. The van der Waals surface area contributed by atoms with Gasteiger partial charge in [-0.1, -0.05) is 17.7 Å². The van der Waals surface area contributed by atoms with Crippen LogP contribution in [0, 0.1) is 11.3 Å². The molecule has 0 aliphatic carbocycles. The summed E-state index contributed by atoms with van der Waals surface area (Å²) in [5, 5.41) is 12.1. The van der Waals surface area contributed by atoms with Gasteiger partial charge in [-0.05, 0) is 49.4 Å². The summed E-state index contributed by atoms with van der Waals surface area (Å²) in [5.74, 6) is -0.106. The van der Waals surface area contributed by atoms with Gasteiger partial charge in [0.25, 0.3) is 0 Å². The van der Waals surface area contributed by atoms with Crippen LogP contribution < -0.4 is 5.32 Å². The van der Waals surface area contributed by atoms with Crippen LogP contribution in [0.4, 0.5) is 5.69 Å². The van der Waals surface area contributed by atoms with Gasteiger partial charge in [0.15, 0.2) is 0 Å². The minimum absolute atomic E-state index is 0.106. The first-order valence-electron chi connectivity index (χ1n) is 6.32. The third-order valence-corrected chi connectivity index (χ3v) is 4.12. The highest BCUT2D eigenvalue weighted by molar-refractivity contribution is 8.00. The van der Waals surface area contributed by atoms with Gasteiger partial charge in [-0.2, -0.15) is 5.26 Å². The zero-order valence-electron chi connectivity index (χ0n) is 11.3. The monoisotopic (exact) mass is 316 g/mol.